The zero-order chi connectivity index (χ0) is 14.2. The summed E-state index contributed by atoms with van der Waals surface area (Å²) in [6.07, 6.45) is -1.06. The zero-order valence-electron chi connectivity index (χ0n) is 9.73. The first-order valence-electron chi connectivity index (χ1n) is 5.51. The van der Waals surface area contributed by atoms with Gasteiger partial charge in [-0.2, -0.15) is 4.31 Å². The number of benzene rings is 1. The number of carboxylic acids is 1. The van der Waals surface area contributed by atoms with Crippen LogP contribution in [0.1, 0.15) is 6.42 Å². The van der Waals surface area contributed by atoms with Crippen LogP contribution in [0.15, 0.2) is 33.6 Å². The average Bonchev–Trinajstić information content (AvgIpc) is 2.72. The van der Waals surface area contributed by atoms with Crippen LogP contribution in [0.2, 0.25) is 0 Å². The van der Waals surface area contributed by atoms with E-state index in [9.17, 15) is 18.3 Å². The van der Waals surface area contributed by atoms with Crippen molar-refractivity contribution < 1.29 is 23.4 Å². The molecule has 1 aromatic rings. The predicted octanol–water partition coefficient (Wildman–Crippen LogP) is 0.658. The van der Waals surface area contributed by atoms with Gasteiger partial charge in [0.05, 0.1) is 11.0 Å². The van der Waals surface area contributed by atoms with Crippen LogP contribution in [0, 0.1) is 0 Å². The summed E-state index contributed by atoms with van der Waals surface area (Å²) in [5.41, 5.74) is 0. The second kappa shape index (κ2) is 5.20. The number of nitrogens with zero attached hydrogens (tertiary/aromatic N) is 1. The van der Waals surface area contributed by atoms with Gasteiger partial charge in [-0.25, -0.2) is 8.42 Å². The monoisotopic (exact) mass is 349 g/mol. The van der Waals surface area contributed by atoms with Crippen molar-refractivity contribution in [1.29, 1.82) is 0 Å². The second-order valence-electron chi connectivity index (χ2n) is 4.25. The average molecular weight is 350 g/mol. The Morgan fingerprint density at radius 2 is 2.00 bits per heavy atom. The van der Waals surface area contributed by atoms with E-state index in [-0.39, 0.29) is 17.9 Å². The molecule has 2 atom stereocenters. The maximum absolute atomic E-state index is 12.4. The van der Waals surface area contributed by atoms with Gasteiger partial charge in [-0.1, -0.05) is 12.1 Å². The van der Waals surface area contributed by atoms with Crippen LogP contribution in [-0.4, -0.2) is 47.6 Å². The van der Waals surface area contributed by atoms with E-state index in [1.807, 2.05) is 0 Å². The molecule has 1 saturated heterocycles. The Balaban J connectivity index is 2.45. The van der Waals surface area contributed by atoms with E-state index < -0.39 is 28.1 Å². The lowest BCUT2D eigenvalue weighted by molar-refractivity contribution is -0.140. The van der Waals surface area contributed by atoms with Gasteiger partial charge >= 0.3 is 5.97 Å². The van der Waals surface area contributed by atoms with Gasteiger partial charge in [0, 0.05) is 17.4 Å². The Hall–Kier alpha value is -0.960. The molecule has 8 heteroatoms. The van der Waals surface area contributed by atoms with Gasteiger partial charge in [0.25, 0.3) is 0 Å². The third-order valence-corrected chi connectivity index (χ3v) is 5.83. The molecule has 1 aromatic carbocycles. The Morgan fingerprint density at radius 3 is 2.58 bits per heavy atom. The van der Waals surface area contributed by atoms with E-state index in [2.05, 4.69) is 15.9 Å². The Kier molecular flexibility index (Phi) is 3.95. The Bertz CT molecular complexity index is 603. The van der Waals surface area contributed by atoms with Gasteiger partial charge in [0.15, 0.2) is 0 Å². The maximum atomic E-state index is 12.4. The van der Waals surface area contributed by atoms with Gasteiger partial charge < -0.3 is 10.2 Å². The van der Waals surface area contributed by atoms with Crippen LogP contribution in [0.3, 0.4) is 0 Å². The molecule has 0 saturated carbocycles. The number of carbonyl (C=O) groups is 1. The van der Waals surface area contributed by atoms with Crippen LogP contribution < -0.4 is 0 Å². The van der Waals surface area contributed by atoms with Crippen molar-refractivity contribution in [3.8, 4) is 0 Å². The number of β-amino-alcohol motifs (C(OH)–C–C–N with tert-alkyl or cyclic N) is 1. The molecule has 2 rings (SSSR count). The van der Waals surface area contributed by atoms with Crippen molar-refractivity contribution in [3.63, 3.8) is 0 Å². The van der Waals surface area contributed by atoms with E-state index in [1.54, 1.807) is 18.2 Å². The molecule has 0 spiro atoms. The minimum atomic E-state index is -3.95. The summed E-state index contributed by atoms with van der Waals surface area (Å²) >= 11 is 3.14. The molecule has 104 valence electrons. The number of halogens is 1. The van der Waals surface area contributed by atoms with Gasteiger partial charge in [0.1, 0.15) is 6.04 Å². The summed E-state index contributed by atoms with van der Waals surface area (Å²) in [6, 6.07) is 4.95. The first-order valence-corrected chi connectivity index (χ1v) is 7.74. The number of hydrogen-bond acceptors (Lipinski definition) is 4. The fraction of sp³-hybridized carbons (Fsp3) is 0.364. The maximum Gasteiger partial charge on any atom is 0.322 e. The largest absolute Gasteiger partial charge is 0.480 e. The third-order valence-electron chi connectivity index (χ3n) is 2.94. The number of aliphatic hydroxyl groups is 1. The molecule has 1 heterocycles. The molecule has 2 N–H and O–H groups in total. The normalized spacial score (nSPS) is 24.5. The van der Waals surface area contributed by atoms with Crippen LogP contribution in [0.4, 0.5) is 0 Å². The number of aliphatic hydroxyl groups excluding tert-OH is 1. The van der Waals surface area contributed by atoms with Crippen molar-refractivity contribution in [2.75, 3.05) is 6.54 Å². The standard InChI is InChI=1S/C11H12BrNO5S/c12-8-3-1-2-4-10(8)19(17,18)13-6-7(14)5-9(13)11(15)16/h1-4,7,9,14H,5-6H2,(H,15,16)/t7-,9-/m1/s1. The molecule has 0 bridgehead atoms. The lowest BCUT2D eigenvalue weighted by Gasteiger charge is -2.21. The SMILES string of the molecule is O=C(O)[C@H]1C[C@@H](O)CN1S(=O)(=O)c1ccccc1Br. The molecule has 0 aliphatic carbocycles. The number of hydrogen-bond donors (Lipinski definition) is 2. The topological polar surface area (TPSA) is 94.9 Å². The summed E-state index contributed by atoms with van der Waals surface area (Å²) in [6.45, 7) is -0.208. The molecule has 6 nitrogen and oxygen atoms in total. The highest BCUT2D eigenvalue weighted by molar-refractivity contribution is 9.10. The molecule has 0 amide bonds. The molecule has 1 aliphatic heterocycles. The van der Waals surface area contributed by atoms with E-state index in [1.165, 1.54) is 6.07 Å². The molecule has 19 heavy (non-hydrogen) atoms. The molecule has 1 aliphatic rings. The van der Waals surface area contributed by atoms with Gasteiger partial charge in [-0.15, -0.1) is 0 Å². The first-order chi connectivity index (χ1) is 8.84. The van der Waals surface area contributed by atoms with Crippen molar-refractivity contribution in [1.82, 2.24) is 4.31 Å². The lowest BCUT2D eigenvalue weighted by atomic mass is 10.2. The van der Waals surface area contributed by atoms with Gasteiger partial charge in [-0.05, 0) is 28.1 Å². The summed E-state index contributed by atoms with van der Waals surface area (Å²) in [7, 11) is -3.95. The molecular formula is C11H12BrNO5S. The fourth-order valence-electron chi connectivity index (χ4n) is 2.05. The van der Waals surface area contributed by atoms with Crippen LogP contribution in [0.25, 0.3) is 0 Å². The molecule has 0 radical (unpaired) electrons. The van der Waals surface area contributed by atoms with E-state index >= 15 is 0 Å². The molecule has 0 unspecified atom stereocenters. The second-order valence-corrected chi connectivity index (χ2v) is 6.96. The summed E-state index contributed by atoms with van der Waals surface area (Å²) in [5.74, 6) is -1.26. The van der Waals surface area contributed by atoms with E-state index in [4.69, 9.17) is 5.11 Å². The molecular weight excluding hydrogens is 338 g/mol. The van der Waals surface area contributed by atoms with Crippen molar-refractivity contribution >= 4 is 31.9 Å². The van der Waals surface area contributed by atoms with Crippen molar-refractivity contribution in [2.24, 2.45) is 0 Å². The Morgan fingerprint density at radius 1 is 1.37 bits per heavy atom. The van der Waals surface area contributed by atoms with E-state index in [0.29, 0.717) is 4.47 Å². The minimum absolute atomic E-state index is 0.00431. The zero-order valence-corrected chi connectivity index (χ0v) is 12.1. The highest BCUT2D eigenvalue weighted by Crippen LogP contribution is 2.30. The summed E-state index contributed by atoms with van der Waals surface area (Å²) in [5, 5.41) is 18.6. The number of aliphatic carboxylic acids is 1. The summed E-state index contributed by atoms with van der Waals surface area (Å²) in [4.78, 5) is 11.1. The van der Waals surface area contributed by atoms with E-state index in [0.717, 1.165) is 4.31 Å². The van der Waals surface area contributed by atoms with Crippen molar-refractivity contribution in [3.05, 3.63) is 28.7 Å². The number of rotatable bonds is 3. The number of carboxylic acid groups (broad SMARTS) is 1. The predicted molar refractivity (Wildman–Crippen MR) is 70.1 cm³/mol. The smallest absolute Gasteiger partial charge is 0.322 e. The Labute approximate surface area is 118 Å². The molecule has 0 aromatic heterocycles. The summed E-state index contributed by atoms with van der Waals surface area (Å²) < 4.78 is 26.1. The highest BCUT2D eigenvalue weighted by atomic mass is 79.9. The van der Waals surface area contributed by atoms with Gasteiger partial charge in [0.2, 0.25) is 10.0 Å². The fourth-order valence-corrected chi connectivity index (χ4v) is 4.65. The van der Waals surface area contributed by atoms with Crippen LogP contribution in [-0.2, 0) is 14.8 Å². The first kappa shape index (κ1) is 14.4. The van der Waals surface area contributed by atoms with Crippen molar-refractivity contribution in [2.45, 2.75) is 23.5 Å². The minimum Gasteiger partial charge on any atom is -0.480 e. The lowest BCUT2D eigenvalue weighted by Crippen LogP contribution is -2.40. The van der Waals surface area contributed by atoms with Crippen LogP contribution >= 0.6 is 15.9 Å². The van der Waals surface area contributed by atoms with Gasteiger partial charge in [-0.3, -0.25) is 4.79 Å². The third kappa shape index (κ3) is 2.66. The van der Waals surface area contributed by atoms with Crippen LogP contribution in [0.5, 0.6) is 0 Å². The highest BCUT2D eigenvalue weighted by Gasteiger charge is 2.43. The number of sulfonamides is 1. The molecule has 1 fully saturated rings. The quantitative estimate of drug-likeness (QED) is 0.835.